The van der Waals surface area contributed by atoms with Crippen LogP contribution in [0.5, 0.6) is 0 Å². The van der Waals surface area contributed by atoms with E-state index < -0.39 is 5.97 Å². The molecule has 4 nitrogen and oxygen atoms in total. The van der Waals surface area contributed by atoms with Gasteiger partial charge < -0.3 is 10.2 Å². The average molecular weight is 159 g/mol. The minimum atomic E-state index is -1.05. The summed E-state index contributed by atoms with van der Waals surface area (Å²) in [5, 5.41) is 18.4. The Bertz CT molecular complexity index is 245. The first-order chi connectivity index (χ1) is 4.74. The van der Waals surface area contributed by atoms with Crippen molar-refractivity contribution in [3.63, 3.8) is 0 Å². The topological polar surface area (TPSA) is 70.4 Å². The van der Waals surface area contributed by atoms with E-state index in [9.17, 15) is 4.79 Å². The molecule has 5 heteroatoms. The molecule has 0 atom stereocenters. The number of hydrogen-bond acceptors (Lipinski definition) is 4. The van der Waals surface area contributed by atoms with E-state index in [4.69, 9.17) is 10.2 Å². The molecule has 1 aromatic rings. The minimum absolute atomic E-state index is 0.0176. The van der Waals surface area contributed by atoms with E-state index in [1.165, 1.54) is 5.38 Å². The number of aliphatic hydroxyl groups excluding tert-OH is 1. The third-order valence-electron chi connectivity index (χ3n) is 0.897. The largest absolute Gasteiger partial charge is 0.476 e. The number of hydrogen-bond donors (Lipinski definition) is 2. The predicted molar refractivity (Wildman–Crippen MR) is 35.0 cm³/mol. The Balaban J connectivity index is 2.88. The van der Waals surface area contributed by atoms with Gasteiger partial charge in [0.1, 0.15) is 0 Å². The summed E-state index contributed by atoms with van der Waals surface area (Å²) >= 11 is 1.01. The van der Waals surface area contributed by atoms with Crippen LogP contribution in [0.3, 0.4) is 0 Å². The van der Waals surface area contributed by atoms with Crippen molar-refractivity contribution >= 4 is 17.3 Å². The van der Waals surface area contributed by atoms with E-state index in [0.29, 0.717) is 5.69 Å². The van der Waals surface area contributed by atoms with Crippen molar-refractivity contribution in [2.45, 2.75) is 6.61 Å². The van der Waals surface area contributed by atoms with Gasteiger partial charge in [-0.2, -0.15) is 0 Å². The molecule has 0 aliphatic carbocycles. The lowest BCUT2D eigenvalue weighted by molar-refractivity contribution is 0.0696. The summed E-state index contributed by atoms with van der Waals surface area (Å²) < 4.78 is 0. The highest BCUT2D eigenvalue weighted by Crippen LogP contribution is 2.08. The van der Waals surface area contributed by atoms with Crippen LogP contribution in [0.25, 0.3) is 0 Å². The van der Waals surface area contributed by atoms with Gasteiger partial charge in [0.2, 0.25) is 5.01 Å². The molecule has 0 radical (unpaired) electrons. The van der Waals surface area contributed by atoms with Crippen molar-refractivity contribution in [2.75, 3.05) is 0 Å². The molecule has 0 unspecified atom stereocenters. The fourth-order valence-electron chi connectivity index (χ4n) is 0.478. The molecule has 0 aliphatic rings. The van der Waals surface area contributed by atoms with Crippen molar-refractivity contribution in [2.24, 2.45) is 0 Å². The van der Waals surface area contributed by atoms with Gasteiger partial charge in [0.25, 0.3) is 0 Å². The standard InChI is InChI=1S/C5H5NO3S/c7-1-3-2-10-4(6-3)5(8)9/h2,7H,1H2,(H,8,9). The highest BCUT2D eigenvalue weighted by molar-refractivity contribution is 7.11. The zero-order valence-electron chi connectivity index (χ0n) is 4.94. The summed E-state index contributed by atoms with van der Waals surface area (Å²) in [5.74, 6) is -1.05. The van der Waals surface area contributed by atoms with Gasteiger partial charge in [-0.1, -0.05) is 0 Å². The lowest BCUT2D eigenvalue weighted by Crippen LogP contribution is -1.95. The highest BCUT2D eigenvalue weighted by Gasteiger charge is 2.06. The first kappa shape index (κ1) is 7.17. The Hall–Kier alpha value is -0.940. The molecule has 0 aromatic carbocycles. The third kappa shape index (κ3) is 1.31. The monoisotopic (exact) mass is 159 g/mol. The summed E-state index contributed by atoms with van der Waals surface area (Å²) in [6.45, 7) is -0.205. The van der Waals surface area contributed by atoms with Gasteiger partial charge in [0, 0.05) is 5.38 Å². The summed E-state index contributed by atoms with van der Waals surface area (Å²) in [6.07, 6.45) is 0. The fourth-order valence-corrected chi connectivity index (χ4v) is 1.12. The maximum atomic E-state index is 10.2. The molecule has 10 heavy (non-hydrogen) atoms. The number of aromatic nitrogens is 1. The third-order valence-corrected chi connectivity index (χ3v) is 1.78. The van der Waals surface area contributed by atoms with Crippen LogP contribution in [0, 0.1) is 0 Å². The number of aliphatic hydroxyl groups is 1. The predicted octanol–water partition coefficient (Wildman–Crippen LogP) is 0.334. The lowest BCUT2D eigenvalue weighted by Gasteiger charge is -1.82. The molecule has 0 bridgehead atoms. The average Bonchev–Trinajstić information content (AvgIpc) is 2.34. The molecule has 1 aromatic heterocycles. The Morgan fingerprint density at radius 1 is 1.80 bits per heavy atom. The summed E-state index contributed by atoms with van der Waals surface area (Å²) in [4.78, 5) is 13.8. The highest BCUT2D eigenvalue weighted by atomic mass is 32.1. The first-order valence-corrected chi connectivity index (χ1v) is 3.40. The van der Waals surface area contributed by atoms with E-state index in [1.807, 2.05) is 0 Å². The summed E-state index contributed by atoms with van der Waals surface area (Å²) in [7, 11) is 0. The van der Waals surface area contributed by atoms with Gasteiger partial charge >= 0.3 is 5.97 Å². The lowest BCUT2D eigenvalue weighted by atomic mass is 10.5. The number of carbonyl (C=O) groups is 1. The molecule has 54 valence electrons. The molecule has 0 fully saturated rings. The van der Waals surface area contributed by atoms with E-state index >= 15 is 0 Å². The van der Waals surface area contributed by atoms with Crippen LogP contribution in [-0.2, 0) is 6.61 Å². The van der Waals surface area contributed by atoms with Gasteiger partial charge in [-0.05, 0) is 0 Å². The Morgan fingerprint density at radius 3 is 2.80 bits per heavy atom. The van der Waals surface area contributed by atoms with Gasteiger partial charge in [-0.15, -0.1) is 11.3 Å². The molecule has 1 heterocycles. The van der Waals surface area contributed by atoms with Gasteiger partial charge in [0.15, 0.2) is 0 Å². The Morgan fingerprint density at radius 2 is 2.50 bits per heavy atom. The zero-order chi connectivity index (χ0) is 7.56. The van der Waals surface area contributed by atoms with Crippen molar-refractivity contribution in [1.29, 1.82) is 0 Å². The molecular weight excluding hydrogens is 154 g/mol. The molecule has 2 N–H and O–H groups in total. The number of carboxylic acids is 1. The zero-order valence-corrected chi connectivity index (χ0v) is 5.76. The quantitative estimate of drug-likeness (QED) is 0.652. The molecule has 1 rings (SSSR count). The van der Waals surface area contributed by atoms with Gasteiger partial charge in [-0.25, -0.2) is 9.78 Å². The van der Waals surface area contributed by atoms with Crippen LogP contribution in [0.15, 0.2) is 5.38 Å². The van der Waals surface area contributed by atoms with Crippen molar-refractivity contribution in [1.82, 2.24) is 4.98 Å². The first-order valence-electron chi connectivity index (χ1n) is 2.52. The molecule has 0 saturated carbocycles. The summed E-state index contributed by atoms with van der Waals surface area (Å²) in [6, 6.07) is 0. The minimum Gasteiger partial charge on any atom is -0.476 e. The number of aromatic carboxylic acids is 1. The Kier molecular flexibility index (Phi) is 1.98. The van der Waals surface area contributed by atoms with Crippen LogP contribution in [0.2, 0.25) is 0 Å². The second kappa shape index (κ2) is 2.76. The van der Waals surface area contributed by atoms with Crippen LogP contribution in [0.4, 0.5) is 0 Å². The Labute approximate surface area is 60.8 Å². The number of carboxylic acid groups (broad SMARTS) is 1. The smallest absolute Gasteiger partial charge is 0.365 e. The second-order valence-corrected chi connectivity index (χ2v) is 2.47. The van der Waals surface area contributed by atoms with Crippen LogP contribution in [0.1, 0.15) is 15.5 Å². The fraction of sp³-hybridized carbons (Fsp3) is 0.200. The molecule has 0 spiro atoms. The summed E-state index contributed by atoms with van der Waals surface area (Å²) in [5.41, 5.74) is 0.405. The number of rotatable bonds is 2. The molecule has 0 amide bonds. The van der Waals surface area contributed by atoms with Crippen LogP contribution in [-0.4, -0.2) is 21.2 Å². The van der Waals surface area contributed by atoms with Crippen LogP contribution >= 0.6 is 11.3 Å². The van der Waals surface area contributed by atoms with Crippen molar-refractivity contribution in [3.05, 3.63) is 16.1 Å². The molecule has 0 aliphatic heterocycles. The number of nitrogens with zero attached hydrogens (tertiary/aromatic N) is 1. The second-order valence-electron chi connectivity index (χ2n) is 1.61. The van der Waals surface area contributed by atoms with E-state index in [2.05, 4.69) is 4.98 Å². The maximum absolute atomic E-state index is 10.2. The van der Waals surface area contributed by atoms with Gasteiger partial charge in [-0.3, -0.25) is 0 Å². The van der Waals surface area contributed by atoms with E-state index in [0.717, 1.165) is 11.3 Å². The maximum Gasteiger partial charge on any atom is 0.365 e. The molecular formula is C5H5NO3S. The number of thiazole rings is 1. The van der Waals surface area contributed by atoms with E-state index in [-0.39, 0.29) is 11.6 Å². The van der Waals surface area contributed by atoms with Crippen molar-refractivity contribution < 1.29 is 15.0 Å². The van der Waals surface area contributed by atoms with E-state index in [1.54, 1.807) is 0 Å². The SMILES string of the molecule is O=C(O)c1nc(CO)cs1. The normalized spacial score (nSPS) is 9.70. The molecule has 0 saturated heterocycles. The van der Waals surface area contributed by atoms with Crippen molar-refractivity contribution in [3.8, 4) is 0 Å². The van der Waals surface area contributed by atoms with Gasteiger partial charge in [0.05, 0.1) is 12.3 Å². The van der Waals surface area contributed by atoms with Crippen LogP contribution < -0.4 is 0 Å².